The summed E-state index contributed by atoms with van der Waals surface area (Å²) in [5.74, 6) is 0.762. The van der Waals surface area contributed by atoms with E-state index in [1.807, 2.05) is 55.7 Å². The van der Waals surface area contributed by atoms with Crippen LogP contribution in [0.1, 0.15) is 5.56 Å². The van der Waals surface area contributed by atoms with Gasteiger partial charge in [-0.25, -0.2) is 9.97 Å². The Kier molecular flexibility index (Phi) is 5.12. The van der Waals surface area contributed by atoms with E-state index in [9.17, 15) is 0 Å². The summed E-state index contributed by atoms with van der Waals surface area (Å²) in [7, 11) is 1.85. The molecule has 0 bridgehead atoms. The number of anilines is 2. The molecule has 4 aromatic heterocycles. The van der Waals surface area contributed by atoms with E-state index < -0.39 is 0 Å². The van der Waals surface area contributed by atoms with Crippen molar-refractivity contribution in [1.29, 1.82) is 0 Å². The highest BCUT2D eigenvalue weighted by molar-refractivity contribution is 6.35. The number of halogens is 1. The molecule has 9 heteroatoms. The zero-order valence-electron chi connectivity index (χ0n) is 17.2. The van der Waals surface area contributed by atoms with Crippen LogP contribution in [0.4, 0.5) is 11.6 Å². The maximum absolute atomic E-state index is 6.55. The molecule has 3 N–H and O–H groups in total. The Balaban J connectivity index is 1.64. The van der Waals surface area contributed by atoms with Crippen molar-refractivity contribution in [2.45, 2.75) is 6.54 Å². The van der Waals surface area contributed by atoms with Gasteiger partial charge < -0.3 is 11.1 Å². The number of hydrogen-bond donors (Lipinski definition) is 2. The quantitative estimate of drug-likeness (QED) is 0.417. The Labute approximate surface area is 189 Å². The Morgan fingerprint density at radius 3 is 2.72 bits per heavy atom. The fourth-order valence-electron chi connectivity index (χ4n) is 3.47. The van der Waals surface area contributed by atoms with Crippen molar-refractivity contribution in [2.75, 3.05) is 11.1 Å². The summed E-state index contributed by atoms with van der Waals surface area (Å²) in [5.41, 5.74) is 10.7. The average molecular weight is 443 g/mol. The van der Waals surface area contributed by atoms with E-state index >= 15 is 0 Å². The minimum Gasteiger partial charge on any atom is -0.381 e. The fourth-order valence-corrected chi connectivity index (χ4v) is 3.75. The molecule has 0 fully saturated rings. The molecule has 5 rings (SSSR count). The van der Waals surface area contributed by atoms with E-state index in [4.69, 9.17) is 22.3 Å². The van der Waals surface area contributed by atoms with Gasteiger partial charge in [0.05, 0.1) is 10.5 Å². The molecule has 0 saturated heterocycles. The molecule has 8 nitrogen and oxygen atoms in total. The summed E-state index contributed by atoms with van der Waals surface area (Å²) >= 11 is 6.55. The van der Waals surface area contributed by atoms with Crippen LogP contribution in [0.5, 0.6) is 0 Å². The van der Waals surface area contributed by atoms with Gasteiger partial charge in [0.15, 0.2) is 11.6 Å². The molecule has 4 heterocycles. The van der Waals surface area contributed by atoms with Gasteiger partial charge in [0, 0.05) is 49.3 Å². The van der Waals surface area contributed by atoms with E-state index in [-0.39, 0.29) is 5.82 Å². The van der Waals surface area contributed by atoms with Crippen molar-refractivity contribution in [3.63, 3.8) is 0 Å². The van der Waals surface area contributed by atoms with Crippen molar-refractivity contribution in [1.82, 2.24) is 29.7 Å². The van der Waals surface area contributed by atoms with Crippen LogP contribution in [-0.2, 0) is 13.6 Å². The van der Waals surface area contributed by atoms with Gasteiger partial charge >= 0.3 is 0 Å². The molecule has 0 amide bonds. The van der Waals surface area contributed by atoms with Crippen LogP contribution in [0.3, 0.4) is 0 Å². The smallest absolute Gasteiger partial charge is 0.169 e. The van der Waals surface area contributed by atoms with Crippen LogP contribution < -0.4 is 11.1 Å². The molecule has 0 radical (unpaired) electrons. The molecule has 0 saturated carbocycles. The lowest BCUT2D eigenvalue weighted by Gasteiger charge is -2.14. The predicted octanol–water partition coefficient (Wildman–Crippen LogP) is 4.34. The van der Waals surface area contributed by atoms with Gasteiger partial charge in [-0.2, -0.15) is 5.10 Å². The molecule has 158 valence electrons. The maximum Gasteiger partial charge on any atom is 0.169 e. The zero-order valence-corrected chi connectivity index (χ0v) is 18.0. The van der Waals surface area contributed by atoms with Crippen molar-refractivity contribution >= 4 is 34.1 Å². The monoisotopic (exact) mass is 442 g/mol. The molecule has 0 aliphatic rings. The normalized spacial score (nSPS) is 11.1. The minimum absolute atomic E-state index is 0.284. The van der Waals surface area contributed by atoms with Gasteiger partial charge in [-0.3, -0.25) is 14.6 Å². The molecule has 0 unspecified atom stereocenters. The molecule has 1 aromatic carbocycles. The lowest BCUT2D eigenvalue weighted by molar-refractivity contribution is 0.770. The van der Waals surface area contributed by atoms with Crippen molar-refractivity contribution < 1.29 is 0 Å². The third-order valence-corrected chi connectivity index (χ3v) is 5.28. The van der Waals surface area contributed by atoms with Crippen LogP contribution in [0.25, 0.3) is 33.5 Å². The highest BCUT2D eigenvalue weighted by Gasteiger charge is 2.19. The summed E-state index contributed by atoms with van der Waals surface area (Å²) in [4.78, 5) is 18.0. The Bertz CT molecular complexity index is 1410. The summed E-state index contributed by atoms with van der Waals surface area (Å²) < 4.78 is 1.71. The Morgan fingerprint density at radius 1 is 1.06 bits per heavy atom. The second-order valence-electron chi connectivity index (χ2n) is 7.28. The van der Waals surface area contributed by atoms with Gasteiger partial charge in [0.25, 0.3) is 0 Å². The van der Waals surface area contributed by atoms with Gasteiger partial charge in [-0.15, -0.1) is 0 Å². The second-order valence-corrected chi connectivity index (χ2v) is 7.68. The number of nitrogens with two attached hydrogens (primary N) is 1. The number of nitrogen functional groups attached to an aromatic ring is 1. The van der Waals surface area contributed by atoms with E-state index in [1.165, 1.54) is 0 Å². The predicted molar refractivity (Wildman–Crippen MR) is 126 cm³/mol. The van der Waals surface area contributed by atoms with E-state index in [2.05, 4.69) is 25.4 Å². The highest BCUT2D eigenvalue weighted by atomic mass is 35.5. The lowest BCUT2D eigenvalue weighted by atomic mass is 10.0. The SMILES string of the molecule is Cn1ccc(-c2nc(N)c(NCc3cccnc3)nc2-c2cc(Cl)c3ncccc3c2)n1. The Hall–Kier alpha value is -4.04. The van der Waals surface area contributed by atoms with Crippen LogP contribution in [0, 0.1) is 0 Å². The summed E-state index contributed by atoms with van der Waals surface area (Å²) in [6.07, 6.45) is 7.09. The third kappa shape index (κ3) is 3.83. The minimum atomic E-state index is 0.284. The van der Waals surface area contributed by atoms with E-state index in [1.54, 1.807) is 23.3 Å². The molecule has 0 atom stereocenters. The summed E-state index contributed by atoms with van der Waals surface area (Å²) in [5, 5.41) is 9.21. The first kappa shape index (κ1) is 19.9. The molecular formula is C23H19ClN8. The molecule has 0 spiro atoms. The van der Waals surface area contributed by atoms with Crippen LogP contribution in [0.2, 0.25) is 5.02 Å². The number of rotatable bonds is 5. The molecule has 5 aromatic rings. The van der Waals surface area contributed by atoms with Gasteiger partial charge in [0.2, 0.25) is 0 Å². The first-order valence-corrected chi connectivity index (χ1v) is 10.3. The maximum atomic E-state index is 6.55. The third-order valence-electron chi connectivity index (χ3n) is 4.99. The number of aromatic nitrogens is 6. The second kappa shape index (κ2) is 8.24. The number of pyridine rings is 2. The fraction of sp³-hybridized carbons (Fsp3) is 0.0870. The van der Waals surface area contributed by atoms with Gasteiger partial charge in [-0.1, -0.05) is 23.7 Å². The topological polar surface area (TPSA) is 107 Å². The van der Waals surface area contributed by atoms with Crippen molar-refractivity contribution in [3.05, 3.63) is 77.8 Å². The number of nitrogens with one attached hydrogen (secondary N) is 1. The highest BCUT2D eigenvalue weighted by Crippen LogP contribution is 2.35. The summed E-state index contributed by atoms with van der Waals surface area (Å²) in [6, 6.07) is 13.4. The number of fused-ring (bicyclic) bond motifs is 1. The number of aryl methyl sites for hydroxylation is 1. The largest absolute Gasteiger partial charge is 0.381 e. The van der Waals surface area contributed by atoms with E-state index in [0.717, 1.165) is 22.0 Å². The first-order valence-electron chi connectivity index (χ1n) is 9.93. The van der Waals surface area contributed by atoms with Crippen LogP contribution >= 0.6 is 11.6 Å². The van der Waals surface area contributed by atoms with Crippen molar-refractivity contribution in [2.24, 2.45) is 7.05 Å². The molecule has 32 heavy (non-hydrogen) atoms. The molecule has 0 aliphatic carbocycles. The molecule has 0 aliphatic heterocycles. The zero-order chi connectivity index (χ0) is 22.1. The summed E-state index contributed by atoms with van der Waals surface area (Å²) in [6.45, 7) is 0.511. The molecular weight excluding hydrogens is 424 g/mol. The Morgan fingerprint density at radius 2 is 1.94 bits per heavy atom. The van der Waals surface area contributed by atoms with Gasteiger partial charge in [-0.05, 0) is 35.9 Å². The van der Waals surface area contributed by atoms with Gasteiger partial charge in [0.1, 0.15) is 17.1 Å². The lowest BCUT2D eigenvalue weighted by Crippen LogP contribution is -2.09. The van der Waals surface area contributed by atoms with Crippen molar-refractivity contribution in [3.8, 4) is 22.6 Å². The van der Waals surface area contributed by atoms with E-state index in [0.29, 0.717) is 34.5 Å². The standard InChI is InChI=1S/C23H19ClN8/c1-32-9-6-18(31-32)21-20(16-10-15-5-3-8-27-19(15)17(24)11-16)30-23(22(25)29-21)28-13-14-4-2-7-26-12-14/h2-12H,13H2,1H3,(H2,25,29)(H,28,30). The average Bonchev–Trinajstić information content (AvgIpc) is 3.25. The van der Waals surface area contributed by atoms with Crippen LogP contribution in [0.15, 0.2) is 67.3 Å². The number of nitrogens with zero attached hydrogens (tertiary/aromatic N) is 6. The van der Waals surface area contributed by atoms with Crippen LogP contribution in [-0.4, -0.2) is 29.7 Å². The number of benzene rings is 1. The first-order chi connectivity index (χ1) is 15.6. The number of hydrogen-bond acceptors (Lipinski definition) is 7.